The highest BCUT2D eigenvalue weighted by atomic mass is 16.3. The van der Waals surface area contributed by atoms with Crippen molar-refractivity contribution in [1.82, 2.24) is 19.9 Å². The lowest BCUT2D eigenvalue weighted by atomic mass is 9.97. The second-order valence-electron chi connectivity index (χ2n) is 8.97. The van der Waals surface area contributed by atoms with Crippen molar-refractivity contribution in [3.8, 4) is 11.1 Å². The third kappa shape index (κ3) is 3.47. The van der Waals surface area contributed by atoms with Crippen LogP contribution in [0, 0.1) is 0 Å². The number of pyridine rings is 2. The van der Waals surface area contributed by atoms with E-state index in [2.05, 4.69) is 37.6 Å². The second-order valence-corrected chi connectivity index (χ2v) is 8.97. The molecule has 8 nitrogen and oxygen atoms in total. The number of aryl methyl sites for hydroxylation is 1. The van der Waals surface area contributed by atoms with Gasteiger partial charge in [0, 0.05) is 67.6 Å². The molecule has 172 valence electrons. The molecule has 1 aromatic carbocycles. The number of nitrogens with zero attached hydrogens (tertiary/aromatic N) is 4. The molecule has 1 fully saturated rings. The number of hydrogen-bond acceptors (Lipinski definition) is 6. The van der Waals surface area contributed by atoms with Crippen LogP contribution in [0.1, 0.15) is 28.8 Å². The maximum absolute atomic E-state index is 12.8. The molecule has 3 N–H and O–H groups in total. The summed E-state index contributed by atoms with van der Waals surface area (Å²) in [7, 11) is 1.97. The van der Waals surface area contributed by atoms with Gasteiger partial charge < -0.3 is 25.2 Å². The van der Waals surface area contributed by atoms with Crippen molar-refractivity contribution in [1.29, 1.82) is 0 Å². The number of nitrogens with one attached hydrogen (secondary N) is 2. The summed E-state index contributed by atoms with van der Waals surface area (Å²) < 4.78 is 1.99. The van der Waals surface area contributed by atoms with Crippen molar-refractivity contribution in [2.24, 2.45) is 7.05 Å². The van der Waals surface area contributed by atoms with Crippen LogP contribution in [0.4, 0.5) is 17.2 Å². The lowest BCUT2D eigenvalue weighted by molar-refractivity contribution is 0.0966. The van der Waals surface area contributed by atoms with Gasteiger partial charge >= 0.3 is 0 Å². The molecule has 2 aliphatic heterocycles. The van der Waals surface area contributed by atoms with Gasteiger partial charge in [-0.15, -0.1) is 0 Å². The summed E-state index contributed by atoms with van der Waals surface area (Å²) in [5.41, 5.74) is 6.41. The van der Waals surface area contributed by atoms with E-state index in [1.165, 1.54) is 0 Å². The number of carbonyl (C=O) groups is 1. The number of aromatic nitrogens is 3. The maximum atomic E-state index is 12.8. The van der Waals surface area contributed by atoms with Gasteiger partial charge in [-0.3, -0.25) is 4.79 Å². The Labute approximate surface area is 197 Å². The first-order chi connectivity index (χ1) is 16.6. The van der Waals surface area contributed by atoms with Crippen LogP contribution in [-0.4, -0.2) is 44.7 Å². The van der Waals surface area contributed by atoms with Gasteiger partial charge in [0.2, 0.25) is 0 Å². The normalized spacial score (nSPS) is 16.1. The monoisotopic (exact) mass is 454 g/mol. The first kappa shape index (κ1) is 20.7. The number of benzene rings is 1. The van der Waals surface area contributed by atoms with Crippen molar-refractivity contribution in [3.05, 3.63) is 66.1 Å². The Kier molecular flexibility index (Phi) is 4.95. The van der Waals surface area contributed by atoms with Crippen molar-refractivity contribution < 1.29 is 9.90 Å². The molecule has 4 aromatic rings. The molecule has 3 aromatic heterocycles. The van der Waals surface area contributed by atoms with Crippen LogP contribution in [0.5, 0.6) is 0 Å². The summed E-state index contributed by atoms with van der Waals surface area (Å²) in [4.78, 5) is 24.2. The van der Waals surface area contributed by atoms with Crippen LogP contribution in [0.3, 0.4) is 0 Å². The van der Waals surface area contributed by atoms with Crippen LogP contribution in [0.2, 0.25) is 0 Å². The van der Waals surface area contributed by atoms with Crippen molar-refractivity contribution in [2.45, 2.75) is 25.5 Å². The average molecular weight is 455 g/mol. The molecule has 34 heavy (non-hydrogen) atoms. The zero-order valence-corrected chi connectivity index (χ0v) is 19.0. The first-order valence-corrected chi connectivity index (χ1v) is 11.6. The molecule has 6 rings (SSSR count). The van der Waals surface area contributed by atoms with E-state index in [-0.39, 0.29) is 12.0 Å². The highest BCUT2D eigenvalue weighted by Crippen LogP contribution is 2.36. The molecule has 1 saturated heterocycles. The highest BCUT2D eigenvalue weighted by Gasteiger charge is 2.28. The van der Waals surface area contributed by atoms with E-state index in [1.807, 2.05) is 48.3 Å². The van der Waals surface area contributed by atoms with E-state index in [9.17, 15) is 9.90 Å². The van der Waals surface area contributed by atoms with E-state index in [1.54, 1.807) is 6.20 Å². The van der Waals surface area contributed by atoms with Crippen molar-refractivity contribution in [2.75, 3.05) is 23.3 Å². The summed E-state index contributed by atoms with van der Waals surface area (Å²) >= 11 is 0. The van der Waals surface area contributed by atoms with Gasteiger partial charge in [-0.05, 0) is 60.4 Å². The zero-order valence-electron chi connectivity index (χ0n) is 19.0. The first-order valence-electron chi connectivity index (χ1n) is 11.6. The molecule has 0 bridgehead atoms. The number of piperidine rings is 1. The topological polar surface area (TPSA) is 95.3 Å². The summed E-state index contributed by atoms with van der Waals surface area (Å²) in [6.07, 6.45) is 7.03. The Morgan fingerprint density at radius 1 is 1.06 bits per heavy atom. The average Bonchev–Trinajstić information content (AvgIpc) is 3.44. The Morgan fingerprint density at radius 2 is 1.85 bits per heavy atom. The minimum Gasteiger partial charge on any atom is -0.393 e. The van der Waals surface area contributed by atoms with Gasteiger partial charge in [-0.2, -0.15) is 0 Å². The molecule has 8 heteroatoms. The number of hydrogen-bond donors (Lipinski definition) is 3. The SMILES string of the molecule is Cn1ccc2c(-c3cnc(Nc4ccc(N5CCC(O)CC5)cc4)c4c3CNC4=O)ccnc21. The molecule has 5 heterocycles. The summed E-state index contributed by atoms with van der Waals surface area (Å²) in [5, 5.41) is 17.1. The summed E-state index contributed by atoms with van der Waals surface area (Å²) in [6, 6.07) is 12.2. The lowest BCUT2D eigenvalue weighted by Crippen LogP contribution is -2.35. The van der Waals surface area contributed by atoms with Crippen LogP contribution < -0.4 is 15.5 Å². The number of rotatable bonds is 4. The van der Waals surface area contributed by atoms with E-state index >= 15 is 0 Å². The fraction of sp³-hybridized carbons (Fsp3) is 0.269. The van der Waals surface area contributed by atoms with Crippen LogP contribution in [0.25, 0.3) is 22.2 Å². The Bertz CT molecular complexity index is 1390. The smallest absolute Gasteiger partial charge is 0.255 e. The predicted molar refractivity (Wildman–Crippen MR) is 132 cm³/mol. The third-order valence-electron chi connectivity index (χ3n) is 6.86. The minimum atomic E-state index is -0.190. The highest BCUT2D eigenvalue weighted by molar-refractivity contribution is 6.06. The maximum Gasteiger partial charge on any atom is 0.255 e. The zero-order chi connectivity index (χ0) is 23.2. The van der Waals surface area contributed by atoms with Crippen LogP contribution >= 0.6 is 0 Å². The van der Waals surface area contributed by atoms with Gasteiger partial charge in [0.05, 0.1) is 11.7 Å². The summed E-state index contributed by atoms with van der Waals surface area (Å²) in [5.74, 6) is 0.440. The van der Waals surface area contributed by atoms with Crippen LogP contribution in [0.15, 0.2) is 55.0 Å². The minimum absolute atomic E-state index is 0.117. The quantitative estimate of drug-likeness (QED) is 0.436. The van der Waals surface area contributed by atoms with E-state index in [0.29, 0.717) is 17.9 Å². The fourth-order valence-electron chi connectivity index (χ4n) is 4.98. The number of fused-ring (bicyclic) bond motifs is 2. The number of aliphatic hydroxyl groups is 1. The number of anilines is 3. The van der Waals surface area contributed by atoms with E-state index < -0.39 is 0 Å². The van der Waals surface area contributed by atoms with Gasteiger partial charge in [0.15, 0.2) is 0 Å². The van der Waals surface area contributed by atoms with Gasteiger partial charge in [-0.25, -0.2) is 9.97 Å². The molecule has 0 aliphatic carbocycles. The molecular weight excluding hydrogens is 428 g/mol. The van der Waals surface area contributed by atoms with Crippen molar-refractivity contribution in [3.63, 3.8) is 0 Å². The molecule has 0 spiro atoms. The molecule has 0 radical (unpaired) electrons. The molecular formula is C26H26N6O2. The standard InChI is InChI=1S/C26H26N6O2/c1-31-11-9-20-19(6-10-27-25(20)31)21-14-28-24(23-22(21)15-29-26(23)34)30-16-2-4-17(5-3-16)32-12-7-18(33)8-13-32/h2-6,9-11,14,18,33H,7-8,12-13,15H2,1H3,(H,28,30)(H,29,34). The van der Waals surface area contributed by atoms with Gasteiger partial charge in [-0.1, -0.05) is 0 Å². The molecule has 2 aliphatic rings. The largest absolute Gasteiger partial charge is 0.393 e. The van der Waals surface area contributed by atoms with Crippen molar-refractivity contribution >= 4 is 34.1 Å². The Balaban J connectivity index is 1.32. The van der Waals surface area contributed by atoms with Crippen LogP contribution in [-0.2, 0) is 13.6 Å². The van der Waals surface area contributed by atoms with E-state index in [0.717, 1.165) is 65.0 Å². The summed E-state index contributed by atoms with van der Waals surface area (Å²) in [6.45, 7) is 2.18. The molecule has 1 amide bonds. The molecule has 0 unspecified atom stereocenters. The molecule has 0 saturated carbocycles. The number of amides is 1. The number of carbonyl (C=O) groups excluding carboxylic acids is 1. The van der Waals surface area contributed by atoms with E-state index in [4.69, 9.17) is 0 Å². The fourth-order valence-corrected chi connectivity index (χ4v) is 4.98. The predicted octanol–water partition coefficient (Wildman–Crippen LogP) is 3.58. The Morgan fingerprint density at radius 3 is 2.65 bits per heavy atom. The van der Waals surface area contributed by atoms with Gasteiger partial charge in [0.1, 0.15) is 11.5 Å². The number of aliphatic hydroxyl groups excluding tert-OH is 1. The third-order valence-corrected chi connectivity index (χ3v) is 6.86. The second kappa shape index (κ2) is 8.14. The molecule has 0 atom stereocenters. The van der Waals surface area contributed by atoms with Gasteiger partial charge in [0.25, 0.3) is 5.91 Å². The Hall–Kier alpha value is -3.91. The lowest BCUT2D eigenvalue weighted by Gasteiger charge is -2.31.